The van der Waals surface area contributed by atoms with E-state index in [1.54, 1.807) is 66.7 Å². The zero-order chi connectivity index (χ0) is 27.8. The summed E-state index contributed by atoms with van der Waals surface area (Å²) in [5.41, 5.74) is 4.58. The molecule has 4 rings (SSSR count). The third-order valence-corrected chi connectivity index (χ3v) is 5.48. The van der Waals surface area contributed by atoms with E-state index >= 15 is 0 Å². The molecule has 39 heavy (non-hydrogen) atoms. The first-order valence-electron chi connectivity index (χ1n) is 11.5. The molecule has 0 radical (unpaired) electrons. The highest BCUT2D eigenvalue weighted by molar-refractivity contribution is 6.10. The van der Waals surface area contributed by atoms with Crippen LogP contribution in [0.1, 0.15) is 31.8 Å². The van der Waals surface area contributed by atoms with Gasteiger partial charge in [0, 0.05) is 10.7 Å². The number of methoxy groups -OCH3 is 2. The van der Waals surface area contributed by atoms with Crippen molar-refractivity contribution in [2.75, 3.05) is 19.5 Å². The Hall–Kier alpha value is -5.59. The third-order valence-electron chi connectivity index (χ3n) is 5.48. The summed E-state index contributed by atoms with van der Waals surface area (Å²) in [6.45, 7) is 0.164. The van der Waals surface area contributed by atoms with Crippen LogP contribution in [0.5, 0.6) is 11.5 Å². The highest BCUT2D eigenvalue weighted by atomic mass is 16.6. The monoisotopic (exact) mass is 529 g/mol. The molecule has 13 heteroatoms. The van der Waals surface area contributed by atoms with Crippen LogP contribution in [-0.2, 0) is 6.54 Å². The largest absolute Gasteiger partial charge is 0.496 e. The maximum Gasteiger partial charge on any atom is 0.490 e. The molecule has 0 saturated carbocycles. The average Bonchev–Trinajstić information content (AvgIpc) is 3.42. The number of aromatic nitrogens is 3. The van der Waals surface area contributed by atoms with Crippen molar-refractivity contribution in [1.29, 1.82) is 0 Å². The van der Waals surface area contributed by atoms with E-state index in [0.29, 0.717) is 33.9 Å². The second-order valence-electron chi connectivity index (χ2n) is 7.97. The molecule has 13 nitrogen and oxygen atoms in total. The first kappa shape index (κ1) is 26.5. The van der Waals surface area contributed by atoms with Gasteiger partial charge in [0.05, 0.1) is 43.8 Å². The topological polar surface area (TPSA) is 163 Å². The number of hydrazone groups is 1. The Morgan fingerprint density at radius 1 is 1.00 bits per heavy atom. The Balaban J connectivity index is 1.46. The van der Waals surface area contributed by atoms with Crippen LogP contribution in [0.15, 0.2) is 78.2 Å². The quantitative estimate of drug-likeness (QED) is 0.180. The lowest BCUT2D eigenvalue weighted by Crippen LogP contribution is -2.21. The highest BCUT2D eigenvalue weighted by Crippen LogP contribution is 2.22. The molecular weight excluding hydrogens is 506 g/mol. The number of hydrogen-bond acceptors (Lipinski definition) is 9. The zero-order valence-electron chi connectivity index (χ0n) is 20.9. The van der Waals surface area contributed by atoms with Crippen LogP contribution in [0.2, 0.25) is 0 Å². The molecule has 2 amide bonds. The number of anilines is 1. The molecule has 0 unspecified atom stereocenters. The number of amides is 2. The fourth-order valence-electron chi connectivity index (χ4n) is 3.66. The van der Waals surface area contributed by atoms with Gasteiger partial charge in [-0.05, 0) is 53.0 Å². The molecule has 1 aromatic heterocycles. The third kappa shape index (κ3) is 6.40. The van der Waals surface area contributed by atoms with E-state index in [9.17, 15) is 19.7 Å². The van der Waals surface area contributed by atoms with E-state index in [0.717, 1.165) is 0 Å². The van der Waals surface area contributed by atoms with Crippen LogP contribution < -0.4 is 20.2 Å². The summed E-state index contributed by atoms with van der Waals surface area (Å²) in [5.74, 6) is -0.532. The maximum absolute atomic E-state index is 12.9. The highest BCUT2D eigenvalue weighted by Gasteiger charge is 2.17. The second kappa shape index (κ2) is 12.1. The minimum absolute atomic E-state index is 0.164. The number of nitrogens with one attached hydrogen (secondary N) is 2. The number of nitro groups is 1. The minimum Gasteiger partial charge on any atom is -0.496 e. The van der Waals surface area contributed by atoms with E-state index in [-0.39, 0.29) is 12.1 Å². The Labute approximate surface area is 222 Å². The lowest BCUT2D eigenvalue weighted by atomic mass is 10.1. The second-order valence-corrected chi connectivity index (χ2v) is 7.97. The zero-order valence-corrected chi connectivity index (χ0v) is 20.9. The number of rotatable bonds is 10. The van der Waals surface area contributed by atoms with Crippen molar-refractivity contribution in [3.8, 4) is 11.5 Å². The van der Waals surface area contributed by atoms with E-state index < -0.39 is 22.7 Å². The van der Waals surface area contributed by atoms with Crippen molar-refractivity contribution < 1.29 is 24.0 Å². The molecule has 0 atom stereocenters. The minimum atomic E-state index is -0.679. The standard InChI is InChI=1S/C26H23N7O6/c1-38-22-12-11-17(13-18(22)15-32-16-27-26(31-32)33(36)37)14-28-30-25(35)19-7-3-5-9-21(19)29-24(34)20-8-4-6-10-23(20)39-2/h3-14,16H,15H2,1-2H3,(H,29,34)(H,30,35)/b28-14-. The van der Waals surface area contributed by atoms with Crippen LogP contribution in [0.3, 0.4) is 0 Å². The van der Waals surface area contributed by atoms with Gasteiger partial charge in [0.15, 0.2) is 0 Å². The number of carbonyl (C=O) groups excluding carboxylic acids is 2. The number of para-hydroxylation sites is 2. The number of hydrogen-bond donors (Lipinski definition) is 2. The number of benzene rings is 3. The molecule has 0 aliphatic rings. The van der Waals surface area contributed by atoms with Crippen molar-refractivity contribution in [3.05, 3.63) is 105 Å². The van der Waals surface area contributed by atoms with Crippen molar-refractivity contribution in [2.24, 2.45) is 5.10 Å². The molecule has 0 aliphatic heterocycles. The molecule has 0 aliphatic carbocycles. The predicted octanol–water partition coefficient (Wildman–Crippen LogP) is 3.27. The Morgan fingerprint density at radius 3 is 2.44 bits per heavy atom. The van der Waals surface area contributed by atoms with E-state index in [1.807, 2.05) is 0 Å². The van der Waals surface area contributed by atoms with Gasteiger partial charge in [0.25, 0.3) is 11.8 Å². The lowest BCUT2D eigenvalue weighted by Gasteiger charge is -2.12. The van der Waals surface area contributed by atoms with Crippen molar-refractivity contribution in [2.45, 2.75) is 6.54 Å². The molecule has 3 aromatic carbocycles. The summed E-state index contributed by atoms with van der Waals surface area (Å²) in [4.78, 5) is 39.5. The summed E-state index contributed by atoms with van der Waals surface area (Å²) in [6.07, 6.45) is 2.68. The number of nitrogens with zero attached hydrogens (tertiary/aromatic N) is 5. The molecular formula is C26H23N7O6. The lowest BCUT2D eigenvalue weighted by molar-refractivity contribution is -0.394. The fraction of sp³-hybridized carbons (Fsp3) is 0.115. The summed E-state index contributed by atoms with van der Waals surface area (Å²) in [6, 6.07) is 18.5. The smallest absolute Gasteiger partial charge is 0.490 e. The summed E-state index contributed by atoms with van der Waals surface area (Å²) >= 11 is 0. The van der Waals surface area contributed by atoms with Crippen molar-refractivity contribution in [1.82, 2.24) is 20.2 Å². The van der Waals surface area contributed by atoms with Gasteiger partial charge >= 0.3 is 5.95 Å². The molecule has 2 N–H and O–H groups in total. The molecule has 0 saturated heterocycles. The molecule has 0 spiro atoms. The van der Waals surface area contributed by atoms with Crippen LogP contribution in [-0.4, -0.2) is 51.9 Å². The van der Waals surface area contributed by atoms with Crippen LogP contribution in [0, 0.1) is 10.1 Å². The Kier molecular flexibility index (Phi) is 8.21. The van der Waals surface area contributed by atoms with Gasteiger partial charge < -0.3 is 24.9 Å². The van der Waals surface area contributed by atoms with Gasteiger partial charge in [-0.25, -0.2) is 5.43 Å². The Morgan fingerprint density at radius 2 is 1.72 bits per heavy atom. The summed E-state index contributed by atoms with van der Waals surface area (Å²) < 4.78 is 11.9. The molecule has 1 heterocycles. The normalized spacial score (nSPS) is 10.7. The van der Waals surface area contributed by atoms with Gasteiger partial charge in [-0.15, -0.1) is 0 Å². The van der Waals surface area contributed by atoms with Crippen molar-refractivity contribution in [3.63, 3.8) is 0 Å². The van der Waals surface area contributed by atoms with E-state index in [4.69, 9.17) is 9.47 Å². The number of ether oxygens (including phenoxy) is 2. The van der Waals surface area contributed by atoms with Gasteiger partial charge in [-0.3, -0.25) is 9.59 Å². The van der Waals surface area contributed by atoms with Gasteiger partial charge in [0.1, 0.15) is 11.5 Å². The first-order valence-corrected chi connectivity index (χ1v) is 11.5. The van der Waals surface area contributed by atoms with E-state index in [2.05, 4.69) is 25.9 Å². The van der Waals surface area contributed by atoms with Gasteiger partial charge in [0.2, 0.25) is 6.33 Å². The first-order chi connectivity index (χ1) is 18.9. The SMILES string of the molecule is COc1ccc(/C=N\NC(=O)c2ccccc2NC(=O)c2ccccc2OC)cc1Cn1cnc([N+](=O)[O-])n1. The van der Waals surface area contributed by atoms with Gasteiger partial charge in [-0.2, -0.15) is 9.78 Å². The summed E-state index contributed by atoms with van der Waals surface area (Å²) in [7, 11) is 2.97. The molecule has 0 bridgehead atoms. The van der Waals surface area contributed by atoms with E-state index in [1.165, 1.54) is 31.4 Å². The molecule has 198 valence electrons. The summed E-state index contributed by atoms with van der Waals surface area (Å²) in [5, 5.41) is 21.4. The van der Waals surface area contributed by atoms with Crippen molar-refractivity contribution >= 4 is 29.7 Å². The maximum atomic E-state index is 12.9. The van der Waals surface area contributed by atoms with Crippen LogP contribution in [0.4, 0.5) is 11.6 Å². The average molecular weight is 530 g/mol. The molecule has 4 aromatic rings. The van der Waals surface area contributed by atoms with Gasteiger partial charge in [-0.1, -0.05) is 29.2 Å². The Bertz CT molecular complexity index is 1550. The van der Waals surface area contributed by atoms with Crippen LogP contribution in [0.25, 0.3) is 0 Å². The fourth-order valence-corrected chi connectivity index (χ4v) is 3.66. The predicted molar refractivity (Wildman–Crippen MR) is 141 cm³/mol. The molecule has 0 fully saturated rings. The van der Waals surface area contributed by atoms with Crippen LogP contribution >= 0.6 is 0 Å². The number of carbonyl (C=O) groups is 2.